The van der Waals surface area contributed by atoms with E-state index in [1.807, 2.05) is 42.2 Å². The Balaban J connectivity index is 1.43. The van der Waals surface area contributed by atoms with Crippen molar-refractivity contribution >= 4 is 12.0 Å². The number of hydrogen-bond acceptors (Lipinski definition) is 3. The molecule has 0 bridgehead atoms. The number of carbonyl (C=O) groups excluding carboxylic acids is 2. The molecule has 2 heterocycles. The molecule has 2 aliphatic rings. The molecule has 0 aromatic heterocycles. The van der Waals surface area contributed by atoms with Gasteiger partial charge in [-0.1, -0.05) is 30.3 Å². The zero-order chi connectivity index (χ0) is 14.1. The van der Waals surface area contributed by atoms with E-state index < -0.39 is 0 Å². The lowest BCUT2D eigenvalue weighted by atomic mass is 9.96. The van der Waals surface area contributed by atoms with E-state index in [0.29, 0.717) is 32.2 Å². The standard InChI is InChI=1S/C15H18N2O3/c1-11-7-14(18)17(11)13-8-16(9-13)15(19)20-10-12-5-3-2-4-6-12/h2-6,11,13H,7-10H2,1H3. The quantitative estimate of drug-likeness (QED) is 0.787. The summed E-state index contributed by atoms with van der Waals surface area (Å²) in [6.07, 6.45) is 0.334. The van der Waals surface area contributed by atoms with Gasteiger partial charge in [-0.05, 0) is 12.5 Å². The molecule has 2 saturated heterocycles. The highest BCUT2D eigenvalue weighted by Crippen LogP contribution is 2.27. The smallest absolute Gasteiger partial charge is 0.410 e. The topological polar surface area (TPSA) is 49.9 Å². The highest BCUT2D eigenvalue weighted by Gasteiger charge is 2.44. The molecular formula is C15H18N2O3. The number of amides is 2. The molecule has 1 aromatic carbocycles. The number of rotatable bonds is 3. The molecule has 1 atom stereocenters. The van der Waals surface area contributed by atoms with Crippen LogP contribution in [0.25, 0.3) is 0 Å². The molecule has 5 nitrogen and oxygen atoms in total. The second kappa shape index (κ2) is 5.15. The maximum Gasteiger partial charge on any atom is 0.410 e. The first-order valence-electron chi connectivity index (χ1n) is 6.92. The van der Waals surface area contributed by atoms with Crippen LogP contribution in [0.1, 0.15) is 18.9 Å². The molecule has 2 fully saturated rings. The number of benzene rings is 1. The fourth-order valence-electron chi connectivity index (χ4n) is 2.74. The fraction of sp³-hybridized carbons (Fsp3) is 0.467. The van der Waals surface area contributed by atoms with Crippen LogP contribution < -0.4 is 0 Å². The Labute approximate surface area is 118 Å². The maximum atomic E-state index is 11.8. The first kappa shape index (κ1) is 13.0. The highest BCUT2D eigenvalue weighted by molar-refractivity contribution is 5.83. The van der Waals surface area contributed by atoms with Crippen molar-refractivity contribution in [2.24, 2.45) is 0 Å². The van der Waals surface area contributed by atoms with Crippen LogP contribution in [0.4, 0.5) is 4.79 Å². The first-order valence-corrected chi connectivity index (χ1v) is 6.92. The minimum Gasteiger partial charge on any atom is -0.445 e. The maximum absolute atomic E-state index is 11.8. The average molecular weight is 274 g/mol. The highest BCUT2D eigenvalue weighted by atomic mass is 16.6. The van der Waals surface area contributed by atoms with Crippen LogP contribution in [0.3, 0.4) is 0 Å². The number of nitrogens with zero attached hydrogens (tertiary/aromatic N) is 2. The third-order valence-corrected chi connectivity index (χ3v) is 3.95. The van der Waals surface area contributed by atoms with Crippen molar-refractivity contribution in [1.82, 2.24) is 9.80 Å². The average Bonchev–Trinajstić information content (AvgIpc) is 2.41. The third kappa shape index (κ3) is 2.35. The van der Waals surface area contributed by atoms with E-state index in [1.165, 1.54) is 0 Å². The molecule has 0 N–H and O–H groups in total. The minimum absolute atomic E-state index is 0.176. The Morgan fingerprint density at radius 1 is 1.30 bits per heavy atom. The van der Waals surface area contributed by atoms with Crippen LogP contribution in [0.5, 0.6) is 0 Å². The predicted molar refractivity (Wildman–Crippen MR) is 72.9 cm³/mol. The van der Waals surface area contributed by atoms with Crippen LogP contribution >= 0.6 is 0 Å². The molecule has 106 valence electrons. The van der Waals surface area contributed by atoms with E-state index in [2.05, 4.69) is 0 Å². The van der Waals surface area contributed by atoms with Gasteiger partial charge in [0.25, 0.3) is 0 Å². The molecule has 5 heteroatoms. The van der Waals surface area contributed by atoms with Crippen LogP contribution in [-0.2, 0) is 16.1 Å². The van der Waals surface area contributed by atoms with Crippen molar-refractivity contribution in [2.45, 2.75) is 32.0 Å². The SMILES string of the molecule is CC1CC(=O)N1C1CN(C(=O)OCc2ccccc2)C1. The van der Waals surface area contributed by atoms with Crippen LogP contribution in [0, 0.1) is 0 Å². The van der Waals surface area contributed by atoms with E-state index in [0.717, 1.165) is 5.56 Å². The Bertz CT molecular complexity index is 511. The lowest BCUT2D eigenvalue weighted by Gasteiger charge is -2.51. The number of hydrogen-bond donors (Lipinski definition) is 0. The van der Waals surface area contributed by atoms with Gasteiger partial charge >= 0.3 is 6.09 Å². The molecule has 2 amide bonds. The summed E-state index contributed by atoms with van der Waals surface area (Å²) in [5.41, 5.74) is 0.976. The Morgan fingerprint density at radius 2 is 2.00 bits per heavy atom. The van der Waals surface area contributed by atoms with Gasteiger partial charge in [-0.3, -0.25) is 4.79 Å². The van der Waals surface area contributed by atoms with E-state index in [-0.39, 0.29) is 18.0 Å². The van der Waals surface area contributed by atoms with Crippen LogP contribution in [0.15, 0.2) is 30.3 Å². The normalized spacial score (nSPS) is 22.2. The summed E-state index contributed by atoms with van der Waals surface area (Å²) in [5.74, 6) is 0.194. The zero-order valence-corrected chi connectivity index (χ0v) is 11.5. The molecular weight excluding hydrogens is 256 g/mol. The molecule has 2 aliphatic heterocycles. The summed E-state index contributed by atoms with van der Waals surface area (Å²) in [5, 5.41) is 0. The van der Waals surface area contributed by atoms with Gasteiger partial charge in [-0.25, -0.2) is 4.79 Å². The molecule has 1 aromatic rings. The van der Waals surface area contributed by atoms with Crippen molar-refractivity contribution in [3.8, 4) is 0 Å². The monoisotopic (exact) mass is 274 g/mol. The molecule has 20 heavy (non-hydrogen) atoms. The number of carbonyl (C=O) groups is 2. The Kier molecular flexibility index (Phi) is 3.34. The summed E-state index contributed by atoms with van der Waals surface area (Å²) < 4.78 is 5.25. The van der Waals surface area contributed by atoms with Crippen molar-refractivity contribution in [1.29, 1.82) is 0 Å². The van der Waals surface area contributed by atoms with Gasteiger partial charge in [0, 0.05) is 25.6 Å². The summed E-state index contributed by atoms with van der Waals surface area (Å²) in [6, 6.07) is 10.1. The first-order chi connectivity index (χ1) is 9.65. The van der Waals surface area contributed by atoms with Crippen molar-refractivity contribution in [3.63, 3.8) is 0 Å². The third-order valence-electron chi connectivity index (χ3n) is 3.95. The summed E-state index contributed by atoms with van der Waals surface area (Å²) in [4.78, 5) is 26.8. The molecule has 0 aliphatic carbocycles. The fourth-order valence-corrected chi connectivity index (χ4v) is 2.74. The van der Waals surface area contributed by atoms with Gasteiger partial charge in [-0.2, -0.15) is 0 Å². The Morgan fingerprint density at radius 3 is 2.60 bits per heavy atom. The minimum atomic E-state index is -0.300. The zero-order valence-electron chi connectivity index (χ0n) is 11.5. The number of likely N-dealkylation sites (tertiary alicyclic amines) is 2. The molecule has 1 unspecified atom stereocenters. The summed E-state index contributed by atoms with van der Waals surface area (Å²) in [6.45, 7) is 3.51. The van der Waals surface area contributed by atoms with E-state index in [9.17, 15) is 9.59 Å². The lowest BCUT2D eigenvalue weighted by molar-refractivity contribution is -0.154. The number of ether oxygens (including phenoxy) is 1. The summed E-state index contributed by atoms with van der Waals surface area (Å²) in [7, 11) is 0. The second-order valence-corrected chi connectivity index (χ2v) is 5.45. The van der Waals surface area contributed by atoms with E-state index in [4.69, 9.17) is 4.74 Å². The molecule has 0 saturated carbocycles. The van der Waals surface area contributed by atoms with Crippen molar-refractivity contribution in [3.05, 3.63) is 35.9 Å². The van der Waals surface area contributed by atoms with Gasteiger partial charge in [0.1, 0.15) is 6.61 Å². The molecule has 0 radical (unpaired) electrons. The lowest BCUT2D eigenvalue weighted by Crippen LogP contribution is -2.68. The largest absolute Gasteiger partial charge is 0.445 e. The molecule has 0 spiro atoms. The van der Waals surface area contributed by atoms with Crippen molar-refractivity contribution in [2.75, 3.05) is 13.1 Å². The van der Waals surface area contributed by atoms with Gasteiger partial charge in [0.2, 0.25) is 5.91 Å². The van der Waals surface area contributed by atoms with Crippen LogP contribution in [-0.4, -0.2) is 47.0 Å². The summed E-state index contributed by atoms with van der Waals surface area (Å²) >= 11 is 0. The number of β-lactam (4-membered cyclic amide) rings is 1. The second-order valence-electron chi connectivity index (χ2n) is 5.45. The van der Waals surface area contributed by atoms with Gasteiger partial charge < -0.3 is 14.5 Å². The Hall–Kier alpha value is -2.04. The van der Waals surface area contributed by atoms with Gasteiger partial charge in [0.15, 0.2) is 0 Å². The van der Waals surface area contributed by atoms with Crippen LogP contribution in [0.2, 0.25) is 0 Å². The van der Waals surface area contributed by atoms with E-state index >= 15 is 0 Å². The van der Waals surface area contributed by atoms with Crippen molar-refractivity contribution < 1.29 is 14.3 Å². The van der Waals surface area contributed by atoms with Gasteiger partial charge in [-0.15, -0.1) is 0 Å². The predicted octanol–water partition coefficient (Wildman–Crippen LogP) is 1.63. The van der Waals surface area contributed by atoms with E-state index in [1.54, 1.807) is 4.90 Å². The molecule has 3 rings (SSSR count). The van der Waals surface area contributed by atoms with Gasteiger partial charge in [0.05, 0.1) is 6.04 Å².